The molecule has 33 heavy (non-hydrogen) atoms. The van der Waals surface area contributed by atoms with Crippen molar-refractivity contribution in [1.82, 2.24) is 20.1 Å². The maximum atomic E-state index is 11.4. The standard InChI is InChI=1S/C14H14N6O3S.C8H10O/c1-8-17-13(23-20-8)11-7-16-14(19-12(11)15)18-9-3-5-10(6-4-9)24(2,21)22;9-7-6-8-4-2-1-3-5-8/h3-7H,1-2H3,(H3,15,16,18,19);1-5,9H,6-7H2. The molecule has 0 amide bonds. The molecule has 0 unspecified atom stereocenters. The van der Waals surface area contributed by atoms with E-state index in [9.17, 15) is 8.42 Å². The van der Waals surface area contributed by atoms with Crippen LogP contribution in [0.2, 0.25) is 0 Å². The number of aryl methyl sites for hydroxylation is 1. The van der Waals surface area contributed by atoms with Crippen LogP contribution in [0.15, 0.2) is 70.2 Å². The van der Waals surface area contributed by atoms with E-state index >= 15 is 0 Å². The predicted octanol–water partition coefficient (Wildman–Crippen LogP) is 2.79. The Morgan fingerprint density at radius 2 is 1.76 bits per heavy atom. The number of aliphatic hydroxyl groups is 1. The molecule has 0 aliphatic heterocycles. The first kappa shape index (κ1) is 23.8. The number of nitrogens with one attached hydrogen (secondary N) is 1. The molecule has 11 heteroatoms. The van der Waals surface area contributed by atoms with Crippen LogP contribution in [-0.2, 0) is 16.3 Å². The van der Waals surface area contributed by atoms with Crippen LogP contribution >= 0.6 is 0 Å². The van der Waals surface area contributed by atoms with E-state index in [2.05, 4.69) is 25.4 Å². The summed E-state index contributed by atoms with van der Waals surface area (Å²) >= 11 is 0. The van der Waals surface area contributed by atoms with E-state index in [0.717, 1.165) is 12.7 Å². The lowest BCUT2D eigenvalue weighted by molar-refractivity contribution is 0.299. The summed E-state index contributed by atoms with van der Waals surface area (Å²) in [6.07, 6.45) is 3.39. The summed E-state index contributed by atoms with van der Waals surface area (Å²) in [5.74, 6) is 1.18. The highest BCUT2D eigenvalue weighted by Gasteiger charge is 2.13. The summed E-state index contributed by atoms with van der Waals surface area (Å²) < 4.78 is 27.9. The monoisotopic (exact) mass is 468 g/mol. The Balaban J connectivity index is 0.000000286. The van der Waals surface area contributed by atoms with Crippen LogP contribution in [0.3, 0.4) is 0 Å². The predicted molar refractivity (Wildman–Crippen MR) is 125 cm³/mol. The van der Waals surface area contributed by atoms with E-state index in [1.807, 2.05) is 30.3 Å². The third-order valence-corrected chi connectivity index (χ3v) is 5.49. The van der Waals surface area contributed by atoms with E-state index in [1.54, 1.807) is 19.1 Å². The summed E-state index contributed by atoms with van der Waals surface area (Å²) in [6.45, 7) is 1.93. The Hall–Kier alpha value is -3.83. The molecule has 0 aliphatic rings. The first-order chi connectivity index (χ1) is 15.8. The van der Waals surface area contributed by atoms with Gasteiger partial charge in [0, 0.05) is 24.7 Å². The largest absolute Gasteiger partial charge is 0.396 e. The van der Waals surface area contributed by atoms with E-state index in [1.165, 1.54) is 23.9 Å². The minimum Gasteiger partial charge on any atom is -0.396 e. The molecule has 0 atom stereocenters. The lowest BCUT2D eigenvalue weighted by Crippen LogP contribution is -2.02. The number of hydrogen-bond donors (Lipinski definition) is 3. The topological polar surface area (TPSA) is 157 Å². The Labute approximate surface area is 191 Å². The average Bonchev–Trinajstić information content (AvgIpc) is 3.21. The highest BCUT2D eigenvalue weighted by Crippen LogP contribution is 2.24. The van der Waals surface area contributed by atoms with Crippen molar-refractivity contribution in [2.75, 3.05) is 23.9 Å². The van der Waals surface area contributed by atoms with Gasteiger partial charge in [0.2, 0.25) is 5.95 Å². The van der Waals surface area contributed by atoms with Crippen molar-refractivity contribution in [1.29, 1.82) is 0 Å². The fourth-order valence-corrected chi connectivity index (χ4v) is 3.35. The Morgan fingerprint density at radius 1 is 1.06 bits per heavy atom. The first-order valence-electron chi connectivity index (χ1n) is 9.91. The number of nitrogens with zero attached hydrogens (tertiary/aromatic N) is 4. The van der Waals surface area contributed by atoms with Crippen molar-refractivity contribution in [3.8, 4) is 11.5 Å². The summed E-state index contributed by atoms with van der Waals surface area (Å²) in [5, 5.41) is 15.2. The highest BCUT2D eigenvalue weighted by molar-refractivity contribution is 7.90. The molecule has 2 aromatic carbocycles. The van der Waals surface area contributed by atoms with Gasteiger partial charge in [-0.3, -0.25) is 0 Å². The molecular formula is C22H24N6O4S. The lowest BCUT2D eigenvalue weighted by atomic mass is 10.2. The molecule has 4 aromatic rings. The van der Waals surface area contributed by atoms with Crippen molar-refractivity contribution in [3.63, 3.8) is 0 Å². The van der Waals surface area contributed by atoms with Gasteiger partial charge in [0.25, 0.3) is 5.89 Å². The molecule has 2 aromatic heterocycles. The second-order valence-electron chi connectivity index (χ2n) is 7.02. The molecule has 2 heterocycles. The number of rotatable bonds is 6. The van der Waals surface area contributed by atoms with E-state index in [4.69, 9.17) is 15.4 Å². The SMILES string of the molecule is Cc1noc(-c2cnc(Nc3ccc(S(C)(=O)=O)cc3)nc2N)n1.OCCc1ccccc1. The maximum absolute atomic E-state index is 11.4. The molecule has 0 aliphatic carbocycles. The van der Waals surface area contributed by atoms with Gasteiger partial charge < -0.3 is 20.7 Å². The van der Waals surface area contributed by atoms with E-state index in [-0.39, 0.29) is 29.2 Å². The molecule has 4 rings (SSSR count). The van der Waals surface area contributed by atoms with Gasteiger partial charge in [0.15, 0.2) is 15.7 Å². The van der Waals surface area contributed by atoms with Gasteiger partial charge in [-0.15, -0.1) is 0 Å². The molecule has 10 nitrogen and oxygen atoms in total. The van der Waals surface area contributed by atoms with Crippen molar-refractivity contribution in [2.45, 2.75) is 18.2 Å². The quantitative estimate of drug-likeness (QED) is 0.384. The zero-order valence-corrected chi connectivity index (χ0v) is 19.0. The molecule has 4 N–H and O–H groups in total. The van der Waals surface area contributed by atoms with Gasteiger partial charge in [-0.25, -0.2) is 13.4 Å². The summed E-state index contributed by atoms with van der Waals surface area (Å²) in [5.41, 5.74) is 8.16. The maximum Gasteiger partial charge on any atom is 0.263 e. The summed E-state index contributed by atoms with van der Waals surface area (Å²) in [7, 11) is -3.24. The molecule has 0 spiro atoms. The van der Waals surface area contributed by atoms with Crippen LogP contribution in [-0.4, -0.2) is 46.5 Å². The second kappa shape index (κ2) is 10.7. The molecule has 0 fully saturated rings. The minimum atomic E-state index is -3.24. The van der Waals surface area contributed by atoms with Crippen LogP contribution in [0, 0.1) is 6.92 Å². The fourth-order valence-electron chi connectivity index (χ4n) is 2.71. The number of hydrogen-bond acceptors (Lipinski definition) is 10. The number of nitrogens with two attached hydrogens (primary N) is 1. The number of anilines is 3. The van der Waals surface area contributed by atoms with Gasteiger partial charge in [0.1, 0.15) is 11.4 Å². The van der Waals surface area contributed by atoms with Gasteiger partial charge in [-0.05, 0) is 43.2 Å². The van der Waals surface area contributed by atoms with Gasteiger partial charge >= 0.3 is 0 Å². The Morgan fingerprint density at radius 3 is 2.30 bits per heavy atom. The second-order valence-corrected chi connectivity index (χ2v) is 9.04. The third-order valence-electron chi connectivity index (χ3n) is 4.36. The Bertz CT molecular complexity index is 1290. The van der Waals surface area contributed by atoms with Crippen LogP contribution in [0.5, 0.6) is 0 Å². The average molecular weight is 469 g/mol. The minimum absolute atomic E-state index is 0.184. The number of benzene rings is 2. The smallest absolute Gasteiger partial charge is 0.263 e. The number of aliphatic hydroxyl groups excluding tert-OH is 1. The fraction of sp³-hybridized carbons (Fsp3) is 0.182. The summed E-state index contributed by atoms with van der Waals surface area (Å²) in [6, 6.07) is 16.2. The van der Waals surface area contributed by atoms with Gasteiger partial charge in [-0.2, -0.15) is 9.97 Å². The molecule has 0 saturated heterocycles. The van der Waals surface area contributed by atoms with Gasteiger partial charge in [-0.1, -0.05) is 35.5 Å². The molecule has 0 bridgehead atoms. The normalized spacial score (nSPS) is 10.9. The zero-order valence-electron chi connectivity index (χ0n) is 18.1. The molecule has 0 saturated carbocycles. The van der Waals surface area contributed by atoms with Crippen molar-refractivity contribution >= 4 is 27.3 Å². The highest BCUT2D eigenvalue weighted by atomic mass is 32.2. The van der Waals surface area contributed by atoms with Crippen LogP contribution in [0.25, 0.3) is 11.5 Å². The van der Waals surface area contributed by atoms with Crippen LogP contribution in [0.1, 0.15) is 11.4 Å². The number of sulfone groups is 1. The molecule has 172 valence electrons. The lowest BCUT2D eigenvalue weighted by Gasteiger charge is -2.07. The van der Waals surface area contributed by atoms with E-state index < -0.39 is 9.84 Å². The zero-order chi connectivity index (χ0) is 23.8. The first-order valence-corrected chi connectivity index (χ1v) is 11.8. The van der Waals surface area contributed by atoms with Crippen LogP contribution < -0.4 is 11.1 Å². The van der Waals surface area contributed by atoms with Crippen molar-refractivity contribution < 1.29 is 18.0 Å². The number of nitrogen functional groups attached to an aromatic ring is 1. The van der Waals surface area contributed by atoms with Crippen molar-refractivity contribution in [2.24, 2.45) is 0 Å². The number of aromatic nitrogens is 4. The molecular weight excluding hydrogens is 444 g/mol. The van der Waals surface area contributed by atoms with E-state index in [0.29, 0.717) is 17.1 Å². The van der Waals surface area contributed by atoms with Crippen LogP contribution in [0.4, 0.5) is 17.5 Å². The Kier molecular flexibility index (Phi) is 7.70. The van der Waals surface area contributed by atoms with Crippen molar-refractivity contribution in [3.05, 3.63) is 72.2 Å². The molecule has 0 radical (unpaired) electrons. The summed E-state index contributed by atoms with van der Waals surface area (Å²) in [4.78, 5) is 12.6. The third kappa shape index (κ3) is 6.82. The van der Waals surface area contributed by atoms with Gasteiger partial charge in [0.05, 0.1) is 4.90 Å².